The minimum absolute atomic E-state index is 0.334. The summed E-state index contributed by atoms with van der Waals surface area (Å²) in [6.45, 7) is 3.25. The topological polar surface area (TPSA) is 12.0 Å². The van der Waals surface area contributed by atoms with Crippen LogP contribution in [0.2, 0.25) is 10.0 Å². The fourth-order valence-corrected chi connectivity index (χ4v) is 3.21. The number of hydrogen-bond acceptors (Lipinski definition) is 2. The summed E-state index contributed by atoms with van der Waals surface area (Å²) in [5.74, 6) is 0. The summed E-state index contributed by atoms with van der Waals surface area (Å²) in [5, 5.41) is 5.81. The van der Waals surface area contributed by atoms with Crippen LogP contribution in [0.4, 0.5) is 0 Å². The maximum atomic E-state index is 5.94. The monoisotopic (exact) mass is 247 g/mol. The van der Waals surface area contributed by atoms with Crippen molar-refractivity contribution in [1.82, 2.24) is 5.32 Å². The van der Waals surface area contributed by atoms with E-state index in [2.05, 4.69) is 12.2 Å². The zero-order chi connectivity index (χ0) is 10.1. The Labute approximate surface area is 98.2 Å². The standard InChI is InChI=1S/C10H11Cl2NS/c1-6-5-13-10(14-6)7-2-8(11)4-9(12)3-7/h2-4,6,10,13H,5H2,1H3. The normalized spacial score (nSPS) is 26.8. The van der Waals surface area contributed by atoms with Crippen molar-refractivity contribution in [3.63, 3.8) is 0 Å². The first-order valence-electron chi connectivity index (χ1n) is 4.50. The van der Waals surface area contributed by atoms with Gasteiger partial charge in [0, 0.05) is 21.8 Å². The SMILES string of the molecule is CC1CNC(c2cc(Cl)cc(Cl)c2)S1. The average molecular weight is 248 g/mol. The summed E-state index contributed by atoms with van der Waals surface area (Å²) in [6, 6.07) is 5.70. The number of benzene rings is 1. The predicted octanol–water partition coefficient (Wildman–Crippen LogP) is 3.72. The molecule has 1 N–H and O–H groups in total. The van der Waals surface area contributed by atoms with E-state index in [0.29, 0.717) is 20.7 Å². The van der Waals surface area contributed by atoms with Crippen LogP contribution in [-0.2, 0) is 0 Å². The lowest BCUT2D eigenvalue weighted by Crippen LogP contribution is -2.13. The van der Waals surface area contributed by atoms with Crippen LogP contribution in [0, 0.1) is 0 Å². The minimum atomic E-state index is 0.334. The second-order valence-corrected chi connectivity index (χ2v) is 5.86. The second-order valence-electron chi connectivity index (χ2n) is 3.44. The summed E-state index contributed by atoms with van der Waals surface area (Å²) in [6.07, 6.45) is 0. The van der Waals surface area contributed by atoms with Gasteiger partial charge in [-0.3, -0.25) is 0 Å². The van der Waals surface area contributed by atoms with Gasteiger partial charge in [-0.1, -0.05) is 30.1 Å². The molecular weight excluding hydrogens is 237 g/mol. The molecule has 76 valence electrons. The van der Waals surface area contributed by atoms with Crippen LogP contribution in [0.3, 0.4) is 0 Å². The van der Waals surface area contributed by atoms with Gasteiger partial charge < -0.3 is 5.32 Å². The zero-order valence-corrected chi connectivity index (χ0v) is 10.1. The van der Waals surface area contributed by atoms with E-state index in [1.165, 1.54) is 0 Å². The first-order chi connectivity index (χ1) is 6.65. The highest BCUT2D eigenvalue weighted by molar-refractivity contribution is 8.00. The third-order valence-electron chi connectivity index (χ3n) is 2.15. The summed E-state index contributed by atoms with van der Waals surface area (Å²) in [5.41, 5.74) is 1.16. The van der Waals surface area contributed by atoms with Crippen LogP contribution >= 0.6 is 35.0 Å². The number of halogens is 2. The first-order valence-corrected chi connectivity index (χ1v) is 6.20. The predicted molar refractivity (Wildman–Crippen MR) is 64.3 cm³/mol. The quantitative estimate of drug-likeness (QED) is 0.812. The van der Waals surface area contributed by atoms with E-state index in [-0.39, 0.29) is 0 Å². The lowest BCUT2D eigenvalue weighted by molar-refractivity contribution is 0.718. The maximum Gasteiger partial charge on any atom is 0.0793 e. The van der Waals surface area contributed by atoms with Crippen LogP contribution in [0.1, 0.15) is 17.9 Å². The molecule has 0 saturated carbocycles. The van der Waals surface area contributed by atoms with E-state index in [1.54, 1.807) is 6.07 Å². The molecule has 1 fully saturated rings. The molecule has 2 atom stereocenters. The van der Waals surface area contributed by atoms with E-state index in [0.717, 1.165) is 12.1 Å². The van der Waals surface area contributed by atoms with Crippen molar-refractivity contribution >= 4 is 35.0 Å². The number of hydrogen-bond donors (Lipinski definition) is 1. The molecule has 1 saturated heterocycles. The van der Waals surface area contributed by atoms with Crippen LogP contribution in [0.5, 0.6) is 0 Å². The molecule has 1 aromatic carbocycles. The van der Waals surface area contributed by atoms with E-state index in [9.17, 15) is 0 Å². The van der Waals surface area contributed by atoms with Gasteiger partial charge in [0.15, 0.2) is 0 Å². The third kappa shape index (κ3) is 2.37. The van der Waals surface area contributed by atoms with Gasteiger partial charge in [-0.2, -0.15) is 0 Å². The minimum Gasteiger partial charge on any atom is -0.301 e. The Kier molecular flexibility index (Phi) is 3.27. The molecule has 4 heteroatoms. The highest BCUT2D eigenvalue weighted by Gasteiger charge is 2.22. The molecule has 0 radical (unpaired) electrons. The van der Waals surface area contributed by atoms with Crippen LogP contribution in [-0.4, -0.2) is 11.8 Å². The largest absolute Gasteiger partial charge is 0.301 e. The number of thioether (sulfide) groups is 1. The highest BCUT2D eigenvalue weighted by Crippen LogP contribution is 2.36. The summed E-state index contributed by atoms with van der Waals surface area (Å²) in [7, 11) is 0. The Bertz CT molecular complexity index is 323. The molecule has 1 heterocycles. The van der Waals surface area contributed by atoms with Gasteiger partial charge in [-0.25, -0.2) is 0 Å². The van der Waals surface area contributed by atoms with Gasteiger partial charge in [-0.15, -0.1) is 11.8 Å². The van der Waals surface area contributed by atoms with Gasteiger partial charge in [0.25, 0.3) is 0 Å². The van der Waals surface area contributed by atoms with E-state index < -0.39 is 0 Å². The number of nitrogens with one attached hydrogen (secondary N) is 1. The highest BCUT2D eigenvalue weighted by atomic mass is 35.5. The molecule has 0 amide bonds. The van der Waals surface area contributed by atoms with Crippen molar-refractivity contribution in [2.24, 2.45) is 0 Å². The molecule has 1 aliphatic heterocycles. The second kappa shape index (κ2) is 4.31. The van der Waals surface area contributed by atoms with Crippen molar-refractivity contribution < 1.29 is 0 Å². The fraction of sp³-hybridized carbons (Fsp3) is 0.400. The lowest BCUT2D eigenvalue weighted by Gasteiger charge is -2.10. The molecule has 1 aromatic rings. The molecule has 1 nitrogen and oxygen atoms in total. The van der Waals surface area contributed by atoms with Gasteiger partial charge in [-0.05, 0) is 23.8 Å². The maximum absolute atomic E-state index is 5.94. The van der Waals surface area contributed by atoms with E-state index in [4.69, 9.17) is 23.2 Å². The molecular formula is C10H11Cl2NS. The molecule has 2 rings (SSSR count). The van der Waals surface area contributed by atoms with E-state index >= 15 is 0 Å². The third-order valence-corrected chi connectivity index (χ3v) is 3.93. The Morgan fingerprint density at radius 3 is 2.43 bits per heavy atom. The van der Waals surface area contributed by atoms with Crippen LogP contribution in [0.15, 0.2) is 18.2 Å². The number of rotatable bonds is 1. The van der Waals surface area contributed by atoms with Crippen molar-refractivity contribution in [2.45, 2.75) is 17.5 Å². The molecule has 2 unspecified atom stereocenters. The van der Waals surface area contributed by atoms with Crippen molar-refractivity contribution in [1.29, 1.82) is 0 Å². The fourth-order valence-electron chi connectivity index (χ4n) is 1.52. The van der Waals surface area contributed by atoms with Crippen LogP contribution < -0.4 is 5.32 Å². The van der Waals surface area contributed by atoms with Crippen molar-refractivity contribution in [3.8, 4) is 0 Å². The average Bonchev–Trinajstić information content (AvgIpc) is 2.50. The molecule has 14 heavy (non-hydrogen) atoms. The summed E-state index contributed by atoms with van der Waals surface area (Å²) in [4.78, 5) is 0. The van der Waals surface area contributed by atoms with Crippen LogP contribution in [0.25, 0.3) is 0 Å². The first kappa shape index (κ1) is 10.6. The lowest BCUT2D eigenvalue weighted by atomic mass is 10.2. The van der Waals surface area contributed by atoms with Gasteiger partial charge in [0.1, 0.15) is 0 Å². The molecule has 1 aliphatic rings. The molecule has 0 spiro atoms. The van der Waals surface area contributed by atoms with Gasteiger partial charge >= 0.3 is 0 Å². The molecule has 0 bridgehead atoms. The Morgan fingerprint density at radius 1 is 1.29 bits per heavy atom. The van der Waals surface area contributed by atoms with Gasteiger partial charge in [0.2, 0.25) is 0 Å². The Hall–Kier alpha value is 0.110. The van der Waals surface area contributed by atoms with Crippen molar-refractivity contribution in [3.05, 3.63) is 33.8 Å². The summed E-state index contributed by atoms with van der Waals surface area (Å²) < 4.78 is 0. The summed E-state index contributed by atoms with van der Waals surface area (Å²) >= 11 is 13.8. The zero-order valence-electron chi connectivity index (χ0n) is 7.76. The molecule has 0 aromatic heterocycles. The smallest absolute Gasteiger partial charge is 0.0793 e. The van der Waals surface area contributed by atoms with Crippen molar-refractivity contribution in [2.75, 3.05) is 6.54 Å². The molecule has 0 aliphatic carbocycles. The Balaban J connectivity index is 2.23. The Morgan fingerprint density at radius 2 is 1.93 bits per heavy atom. The van der Waals surface area contributed by atoms with E-state index in [1.807, 2.05) is 23.9 Å². The van der Waals surface area contributed by atoms with Gasteiger partial charge in [0.05, 0.1) is 5.37 Å².